The van der Waals surface area contributed by atoms with E-state index in [1.165, 1.54) is 0 Å². The van der Waals surface area contributed by atoms with E-state index >= 15 is 0 Å². The molecule has 1 heterocycles. The monoisotopic (exact) mass is 347 g/mol. The van der Waals surface area contributed by atoms with Gasteiger partial charge in [-0.05, 0) is 28.1 Å². The lowest BCUT2D eigenvalue weighted by atomic mass is 10.0. The minimum atomic E-state index is -0.430. The van der Waals surface area contributed by atoms with Gasteiger partial charge in [0.1, 0.15) is 5.82 Å². The Balaban J connectivity index is 1.97. The molecule has 3 aromatic rings. The zero-order valence-electron chi connectivity index (χ0n) is 11.6. The third kappa shape index (κ3) is 2.59. The highest BCUT2D eigenvalue weighted by molar-refractivity contribution is 9.10. The van der Waals surface area contributed by atoms with E-state index in [1.807, 2.05) is 36.0 Å². The Kier molecular flexibility index (Phi) is 3.78. The number of benzene rings is 2. The minimum absolute atomic E-state index is 0.301. The van der Waals surface area contributed by atoms with Crippen molar-refractivity contribution in [3.05, 3.63) is 64.0 Å². The normalized spacial score (nSPS) is 12.8. The molecule has 0 fully saturated rings. The number of halogens is 2. The van der Waals surface area contributed by atoms with Crippen LogP contribution in [0.25, 0.3) is 10.9 Å². The van der Waals surface area contributed by atoms with E-state index < -0.39 is 6.04 Å². The Labute approximate surface area is 130 Å². The average molecular weight is 348 g/mol. The Bertz CT molecular complexity index is 797. The van der Waals surface area contributed by atoms with Crippen molar-refractivity contribution in [2.75, 3.05) is 0 Å². The Morgan fingerprint density at radius 3 is 2.81 bits per heavy atom. The fraction of sp³-hybridized carbons (Fsp3) is 0.188. The Hall–Kier alpha value is -1.72. The highest BCUT2D eigenvalue weighted by Crippen LogP contribution is 2.26. The smallest absolute Gasteiger partial charge is 0.142 e. The van der Waals surface area contributed by atoms with Gasteiger partial charge in [-0.25, -0.2) is 4.39 Å². The van der Waals surface area contributed by atoms with Crippen LogP contribution in [-0.2, 0) is 13.5 Å². The number of aryl methyl sites for hydroxylation is 1. The van der Waals surface area contributed by atoms with Crippen LogP contribution in [0.3, 0.4) is 0 Å². The van der Waals surface area contributed by atoms with Crippen LogP contribution < -0.4 is 5.73 Å². The standard InChI is InChI=1S/C16H15BrFN3/c1-21-15-8-3-2-5-11(15)14(20-21)9-13(19)10-6-4-7-12(17)16(10)18/h2-8,13H,9,19H2,1H3. The van der Waals surface area contributed by atoms with Gasteiger partial charge in [-0.1, -0.05) is 30.3 Å². The summed E-state index contributed by atoms with van der Waals surface area (Å²) in [6, 6.07) is 12.7. The Morgan fingerprint density at radius 2 is 2.00 bits per heavy atom. The van der Waals surface area contributed by atoms with Crippen molar-refractivity contribution in [1.29, 1.82) is 0 Å². The number of hydrogen-bond donors (Lipinski definition) is 1. The summed E-state index contributed by atoms with van der Waals surface area (Å²) >= 11 is 3.19. The van der Waals surface area contributed by atoms with E-state index in [1.54, 1.807) is 18.2 Å². The van der Waals surface area contributed by atoms with Crippen molar-refractivity contribution < 1.29 is 4.39 Å². The van der Waals surface area contributed by atoms with Crippen molar-refractivity contribution in [3.8, 4) is 0 Å². The van der Waals surface area contributed by atoms with E-state index in [9.17, 15) is 4.39 Å². The van der Waals surface area contributed by atoms with E-state index in [2.05, 4.69) is 21.0 Å². The summed E-state index contributed by atoms with van der Waals surface area (Å²) in [5.74, 6) is -0.301. The molecule has 0 aliphatic carbocycles. The number of aromatic nitrogens is 2. The molecular weight excluding hydrogens is 333 g/mol. The zero-order valence-corrected chi connectivity index (χ0v) is 13.1. The fourth-order valence-corrected chi connectivity index (χ4v) is 2.95. The van der Waals surface area contributed by atoms with Gasteiger partial charge in [-0.15, -0.1) is 0 Å². The van der Waals surface area contributed by atoms with E-state index in [4.69, 9.17) is 5.73 Å². The summed E-state index contributed by atoms with van der Waals surface area (Å²) in [5.41, 5.74) is 8.63. The highest BCUT2D eigenvalue weighted by atomic mass is 79.9. The summed E-state index contributed by atoms with van der Waals surface area (Å²) in [6.45, 7) is 0. The van der Waals surface area contributed by atoms with Crippen molar-refractivity contribution in [2.24, 2.45) is 12.8 Å². The quantitative estimate of drug-likeness (QED) is 0.784. The Morgan fingerprint density at radius 1 is 1.24 bits per heavy atom. The summed E-state index contributed by atoms with van der Waals surface area (Å²) < 4.78 is 16.4. The highest BCUT2D eigenvalue weighted by Gasteiger charge is 2.17. The third-order valence-corrected chi connectivity index (χ3v) is 4.24. The first-order chi connectivity index (χ1) is 10.1. The van der Waals surface area contributed by atoms with Crippen LogP contribution in [0, 0.1) is 5.82 Å². The van der Waals surface area contributed by atoms with Crippen molar-refractivity contribution >= 4 is 26.8 Å². The van der Waals surface area contributed by atoms with E-state index in [0.717, 1.165) is 16.6 Å². The number of nitrogens with two attached hydrogens (primary N) is 1. The van der Waals surface area contributed by atoms with Crippen LogP contribution in [0.4, 0.5) is 4.39 Å². The molecule has 0 saturated carbocycles. The summed E-state index contributed by atoms with van der Waals surface area (Å²) in [4.78, 5) is 0. The number of nitrogens with zero attached hydrogens (tertiary/aromatic N) is 2. The van der Waals surface area contributed by atoms with Gasteiger partial charge in [0.05, 0.1) is 15.7 Å². The minimum Gasteiger partial charge on any atom is -0.324 e. The molecule has 1 atom stereocenters. The van der Waals surface area contributed by atoms with E-state index in [-0.39, 0.29) is 5.82 Å². The van der Waals surface area contributed by atoms with Crippen LogP contribution in [0.2, 0.25) is 0 Å². The van der Waals surface area contributed by atoms with Crippen molar-refractivity contribution in [3.63, 3.8) is 0 Å². The molecule has 0 spiro atoms. The van der Waals surface area contributed by atoms with Crippen LogP contribution in [0.15, 0.2) is 46.9 Å². The molecule has 108 valence electrons. The van der Waals surface area contributed by atoms with Gasteiger partial charge in [0.2, 0.25) is 0 Å². The van der Waals surface area contributed by atoms with Crippen LogP contribution in [-0.4, -0.2) is 9.78 Å². The first-order valence-corrected chi connectivity index (χ1v) is 7.47. The molecule has 2 aromatic carbocycles. The van der Waals surface area contributed by atoms with Crippen molar-refractivity contribution in [1.82, 2.24) is 9.78 Å². The summed E-state index contributed by atoms with van der Waals surface area (Å²) in [6.07, 6.45) is 0.495. The maximum atomic E-state index is 14.1. The number of rotatable bonds is 3. The van der Waals surface area contributed by atoms with Crippen LogP contribution in [0.1, 0.15) is 17.3 Å². The second kappa shape index (κ2) is 5.58. The first-order valence-electron chi connectivity index (χ1n) is 6.68. The maximum Gasteiger partial charge on any atom is 0.142 e. The molecule has 2 N–H and O–H groups in total. The predicted octanol–water partition coefficient (Wildman–Crippen LogP) is 3.72. The number of para-hydroxylation sites is 1. The largest absolute Gasteiger partial charge is 0.324 e. The first kappa shape index (κ1) is 14.2. The molecule has 0 bridgehead atoms. The maximum absolute atomic E-state index is 14.1. The molecule has 1 unspecified atom stereocenters. The fourth-order valence-electron chi connectivity index (χ4n) is 2.56. The molecule has 3 rings (SSSR count). The third-order valence-electron chi connectivity index (χ3n) is 3.63. The summed E-state index contributed by atoms with van der Waals surface area (Å²) in [7, 11) is 1.90. The average Bonchev–Trinajstić information content (AvgIpc) is 2.79. The predicted molar refractivity (Wildman–Crippen MR) is 85.4 cm³/mol. The molecule has 1 aromatic heterocycles. The van der Waals surface area contributed by atoms with E-state index in [0.29, 0.717) is 16.5 Å². The molecule has 5 heteroatoms. The molecule has 0 saturated heterocycles. The van der Waals surface area contributed by atoms with Crippen molar-refractivity contribution in [2.45, 2.75) is 12.5 Å². The number of hydrogen-bond acceptors (Lipinski definition) is 2. The molecule has 0 aliphatic heterocycles. The van der Waals surface area contributed by atoms with Gasteiger partial charge in [-0.3, -0.25) is 4.68 Å². The lowest BCUT2D eigenvalue weighted by Gasteiger charge is -2.12. The molecular formula is C16H15BrFN3. The second-order valence-electron chi connectivity index (χ2n) is 5.04. The van der Waals surface area contributed by atoms with Gasteiger partial charge in [-0.2, -0.15) is 5.10 Å². The molecule has 0 amide bonds. The van der Waals surface area contributed by atoms with Crippen LogP contribution >= 0.6 is 15.9 Å². The second-order valence-corrected chi connectivity index (χ2v) is 5.90. The lowest BCUT2D eigenvalue weighted by molar-refractivity contribution is 0.571. The molecule has 0 aliphatic rings. The van der Waals surface area contributed by atoms with Gasteiger partial charge in [0.25, 0.3) is 0 Å². The molecule has 21 heavy (non-hydrogen) atoms. The lowest BCUT2D eigenvalue weighted by Crippen LogP contribution is -2.15. The summed E-state index contributed by atoms with van der Waals surface area (Å²) in [5, 5.41) is 5.57. The molecule has 0 radical (unpaired) electrons. The van der Waals surface area contributed by atoms with Gasteiger partial charge in [0.15, 0.2) is 0 Å². The topological polar surface area (TPSA) is 43.8 Å². The number of fused-ring (bicyclic) bond motifs is 1. The van der Waals surface area contributed by atoms with Gasteiger partial charge >= 0.3 is 0 Å². The van der Waals surface area contributed by atoms with Gasteiger partial charge in [0, 0.05) is 30.5 Å². The van der Waals surface area contributed by atoms with Gasteiger partial charge < -0.3 is 5.73 Å². The zero-order chi connectivity index (χ0) is 15.0. The molecule has 3 nitrogen and oxygen atoms in total. The SMILES string of the molecule is Cn1nc(CC(N)c2cccc(Br)c2F)c2ccccc21. The van der Waals surface area contributed by atoms with Crippen LogP contribution in [0.5, 0.6) is 0 Å².